The smallest absolute Gasteiger partial charge is 0.306 e. The van der Waals surface area contributed by atoms with Gasteiger partial charge in [0.05, 0.1) is 0 Å². The van der Waals surface area contributed by atoms with Gasteiger partial charge in [0.2, 0.25) is 0 Å². The molecule has 1 unspecified atom stereocenters. The van der Waals surface area contributed by atoms with E-state index in [1.165, 1.54) is 122 Å². The molecular weight excluding hydrogens is 937 g/mol. The summed E-state index contributed by atoms with van der Waals surface area (Å²) in [6, 6.07) is 0. The minimum atomic E-state index is -0.799. The van der Waals surface area contributed by atoms with Crippen LogP contribution in [0.15, 0.2) is 109 Å². The molecule has 0 amide bonds. The number of esters is 3. The minimum Gasteiger partial charge on any atom is -0.462 e. The third kappa shape index (κ3) is 60.9. The summed E-state index contributed by atoms with van der Waals surface area (Å²) in [5.41, 5.74) is 0. The predicted octanol–water partition coefficient (Wildman–Crippen LogP) is 21.8. The highest BCUT2D eigenvalue weighted by molar-refractivity contribution is 5.71. The van der Waals surface area contributed by atoms with Crippen molar-refractivity contribution in [2.24, 2.45) is 0 Å². The first-order valence-corrected chi connectivity index (χ1v) is 31.9. The SMILES string of the molecule is CC/C=C\C/C=C\C/C=C\C/C=C\C/C=C\C/C=C\C/C=C\CCCCCC(=O)OCC(COC(=O)CCCCCCC/C=C\C/C=C\CCCCCC)OC(=O)CCCCCCCCCCCCCCCCCCC. The van der Waals surface area contributed by atoms with Crippen molar-refractivity contribution in [3.8, 4) is 0 Å². The summed E-state index contributed by atoms with van der Waals surface area (Å²) in [7, 11) is 0. The lowest BCUT2D eigenvalue weighted by molar-refractivity contribution is -0.167. The Bertz CT molecular complexity index is 1540. The average molecular weight is 1060 g/mol. The highest BCUT2D eigenvalue weighted by Crippen LogP contribution is 2.16. The molecule has 6 nitrogen and oxygen atoms in total. The van der Waals surface area contributed by atoms with Crippen LogP contribution in [0.1, 0.15) is 297 Å². The molecule has 0 aromatic rings. The van der Waals surface area contributed by atoms with Gasteiger partial charge in [0.25, 0.3) is 0 Å². The number of carbonyl (C=O) groups is 3. The van der Waals surface area contributed by atoms with E-state index in [2.05, 4.69) is 130 Å². The molecule has 1 atom stereocenters. The van der Waals surface area contributed by atoms with Crippen molar-refractivity contribution >= 4 is 17.9 Å². The first-order chi connectivity index (χ1) is 37.5. The van der Waals surface area contributed by atoms with Crippen LogP contribution in [0.25, 0.3) is 0 Å². The monoisotopic (exact) mass is 1050 g/mol. The molecule has 0 aliphatic carbocycles. The molecule has 0 aliphatic rings. The molecule has 0 radical (unpaired) electrons. The summed E-state index contributed by atoms with van der Waals surface area (Å²) < 4.78 is 16.9. The second kappa shape index (κ2) is 63.6. The first kappa shape index (κ1) is 72.1. The maximum atomic E-state index is 12.9. The summed E-state index contributed by atoms with van der Waals surface area (Å²) in [5, 5.41) is 0. The van der Waals surface area contributed by atoms with Crippen LogP contribution in [0.5, 0.6) is 0 Å². The lowest BCUT2D eigenvalue weighted by Gasteiger charge is -2.18. The van der Waals surface area contributed by atoms with Crippen LogP contribution in [0, 0.1) is 0 Å². The van der Waals surface area contributed by atoms with Crippen molar-refractivity contribution in [2.45, 2.75) is 303 Å². The third-order valence-electron chi connectivity index (χ3n) is 13.5. The molecule has 0 saturated heterocycles. The Morgan fingerprint density at radius 2 is 0.513 bits per heavy atom. The van der Waals surface area contributed by atoms with Crippen molar-refractivity contribution in [3.05, 3.63) is 109 Å². The zero-order valence-corrected chi connectivity index (χ0v) is 49.7. The number of carbonyl (C=O) groups excluding carboxylic acids is 3. The topological polar surface area (TPSA) is 78.9 Å². The van der Waals surface area contributed by atoms with Crippen LogP contribution in [-0.2, 0) is 28.6 Å². The van der Waals surface area contributed by atoms with Crippen molar-refractivity contribution < 1.29 is 28.6 Å². The van der Waals surface area contributed by atoms with Gasteiger partial charge in [-0.3, -0.25) is 14.4 Å². The Morgan fingerprint density at radius 1 is 0.276 bits per heavy atom. The van der Waals surface area contributed by atoms with Gasteiger partial charge in [-0.1, -0.05) is 278 Å². The van der Waals surface area contributed by atoms with E-state index < -0.39 is 6.10 Å². The Kier molecular flexibility index (Phi) is 60.3. The lowest BCUT2D eigenvalue weighted by Crippen LogP contribution is -2.30. The number of hydrogen-bond donors (Lipinski definition) is 0. The summed E-state index contributed by atoms with van der Waals surface area (Å²) in [4.78, 5) is 38.3. The van der Waals surface area contributed by atoms with Crippen LogP contribution in [0.3, 0.4) is 0 Å². The zero-order chi connectivity index (χ0) is 55.0. The van der Waals surface area contributed by atoms with E-state index in [1.807, 2.05) is 0 Å². The standard InChI is InChI=1S/C70H118O6/c1-4-7-10-13-16-19-22-25-28-31-32-33-34-35-36-37-38-40-42-45-48-51-54-57-60-63-69(72)75-66-67(65-74-68(71)62-59-56-53-50-47-44-41-30-27-24-21-18-15-12-9-6-3)76-70(73)64-61-58-55-52-49-46-43-39-29-26-23-20-17-14-11-8-5-2/h7,10,16,19,21,24-25,28,30,32-33,35-36,38,40-41,45,48,67H,4-6,8-9,11-15,17-18,20,22-23,26-27,29,31,34,37,39,42-44,46-47,49-66H2,1-3H3/b10-7-,19-16-,24-21-,28-25-,33-32-,36-35-,40-38-,41-30-,48-45-. The Hall–Kier alpha value is -3.93. The van der Waals surface area contributed by atoms with Gasteiger partial charge in [-0.2, -0.15) is 0 Å². The second-order valence-electron chi connectivity index (χ2n) is 20.9. The molecule has 6 heteroatoms. The van der Waals surface area contributed by atoms with Gasteiger partial charge in [-0.25, -0.2) is 0 Å². The predicted molar refractivity (Wildman–Crippen MR) is 330 cm³/mol. The molecule has 434 valence electrons. The fourth-order valence-corrected chi connectivity index (χ4v) is 8.75. The largest absolute Gasteiger partial charge is 0.462 e. The Morgan fingerprint density at radius 3 is 0.829 bits per heavy atom. The molecule has 0 spiro atoms. The molecular formula is C70H118O6. The van der Waals surface area contributed by atoms with Crippen LogP contribution in [-0.4, -0.2) is 37.2 Å². The minimum absolute atomic E-state index is 0.0951. The van der Waals surface area contributed by atoms with Gasteiger partial charge < -0.3 is 14.2 Å². The van der Waals surface area contributed by atoms with Crippen LogP contribution >= 0.6 is 0 Å². The second-order valence-corrected chi connectivity index (χ2v) is 20.9. The van der Waals surface area contributed by atoms with E-state index in [9.17, 15) is 14.4 Å². The van der Waals surface area contributed by atoms with Crippen LogP contribution < -0.4 is 0 Å². The zero-order valence-electron chi connectivity index (χ0n) is 49.7. The molecule has 0 aromatic heterocycles. The number of unbranched alkanes of at least 4 members (excludes halogenated alkanes) is 28. The van der Waals surface area contributed by atoms with E-state index in [0.717, 1.165) is 135 Å². The van der Waals surface area contributed by atoms with E-state index in [0.29, 0.717) is 19.3 Å². The van der Waals surface area contributed by atoms with E-state index in [-0.39, 0.29) is 31.1 Å². The number of hydrogen-bond acceptors (Lipinski definition) is 6. The molecule has 0 heterocycles. The van der Waals surface area contributed by atoms with E-state index in [1.54, 1.807) is 0 Å². The van der Waals surface area contributed by atoms with Gasteiger partial charge in [-0.15, -0.1) is 0 Å². The highest BCUT2D eigenvalue weighted by Gasteiger charge is 2.19. The van der Waals surface area contributed by atoms with Crippen molar-refractivity contribution in [2.75, 3.05) is 13.2 Å². The fraction of sp³-hybridized carbons (Fsp3) is 0.700. The van der Waals surface area contributed by atoms with Crippen molar-refractivity contribution in [1.82, 2.24) is 0 Å². The normalized spacial score (nSPS) is 12.8. The first-order valence-electron chi connectivity index (χ1n) is 31.9. The molecule has 0 rings (SSSR count). The van der Waals surface area contributed by atoms with Crippen LogP contribution in [0.4, 0.5) is 0 Å². The van der Waals surface area contributed by atoms with Crippen molar-refractivity contribution in [3.63, 3.8) is 0 Å². The highest BCUT2D eigenvalue weighted by atomic mass is 16.6. The summed E-state index contributed by atoms with van der Waals surface area (Å²) >= 11 is 0. The molecule has 0 saturated carbocycles. The van der Waals surface area contributed by atoms with Crippen molar-refractivity contribution in [1.29, 1.82) is 0 Å². The maximum absolute atomic E-state index is 12.9. The molecule has 0 aliphatic heterocycles. The average Bonchev–Trinajstić information content (AvgIpc) is 3.42. The third-order valence-corrected chi connectivity index (χ3v) is 13.5. The molecule has 0 fully saturated rings. The summed E-state index contributed by atoms with van der Waals surface area (Å²) in [5.74, 6) is -0.932. The fourth-order valence-electron chi connectivity index (χ4n) is 8.75. The van der Waals surface area contributed by atoms with Gasteiger partial charge in [0.15, 0.2) is 6.10 Å². The summed E-state index contributed by atoms with van der Waals surface area (Å²) in [6.07, 6.45) is 86.6. The maximum Gasteiger partial charge on any atom is 0.306 e. The molecule has 0 N–H and O–H groups in total. The van der Waals surface area contributed by atoms with Gasteiger partial charge >= 0.3 is 17.9 Å². The number of rotatable bonds is 57. The molecule has 0 aromatic carbocycles. The van der Waals surface area contributed by atoms with Crippen LogP contribution in [0.2, 0.25) is 0 Å². The molecule has 76 heavy (non-hydrogen) atoms. The quantitative estimate of drug-likeness (QED) is 0.0261. The Labute approximate surface area is 470 Å². The number of ether oxygens (including phenoxy) is 3. The lowest BCUT2D eigenvalue weighted by atomic mass is 10.0. The van der Waals surface area contributed by atoms with Gasteiger partial charge in [0, 0.05) is 19.3 Å². The van der Waals surface area contributed by atoms with E-state index in [4.69, 9.17) is 14.2 Å². The van der Waals surface area contributed by atoms with E-state index >= 15 is 0 Å². The Balaban J connectivity index is 4.45. The van der Waals surface area contributed by atoms with Gasteiger partial charge in [0.1, 0.15) is 13.2 Å². The molecule has 0 bridgehead atoms. The number of allylic oxidation sites excluding steroid dienone is 18. The summed E-state index contributed by atoms with van der Waals surface area (Å²) in [6.45, 7) is 6.49. The van der Waals surface area contributed by atoms with Gasteiger partial charge in [-0.05, 0) is 109 Å².